The number of Topliss-reactive ketones (excluding diaryl/α,β-unsaturated/α-hetero) is 4. The molecule has 2 saturated carbocycles. The lowest BCUT2D eigenvalue weighted by molar-refractivity contribution is -0.131. The zero-order chi connectivity index (χ0) is 23.3. The highest BCUT2D eigenvalue weighted by Crippen LogP contribution is 2.34. The fourth-order valence-electron chi connectivity index (χ4n) is 3.84. The van der Waals surface area contributed by atoms with E-state index in [-0.39, 0.29) is 65.7 Å². The molecule has 4 atom stereocenters. The third-order valence-electron chi connectivity index (χ3n) is 5.31. The van der Waals surface area contributed by atoms with E-state index in [1.165, 1.54) is 0 Å². The zero-order valence-corrected chi connectivity index (χ0v) is 19.7. The zero-order valence-electron chi connectivity index (χ0n) is 18.0. The highest BCUT2D eigenvalue weighted by molar-refractivity contribution is 8.08. The van der Waals surface area contributed by atoms with E-state index in [4.69, 9.17) is 0 Å². The van der Waals surface area contributed by atoms with Crippen LogP contribution < -0.4 is 0 Å². The molecule has 2 rings (SSSR count). The molecule has 0 heterocycles. The van der Waals surface area contributed by atoms with Crippen molar-refractivity contribution in [2.75, 3.05) is 16.6 Å². The van der Waals surface area contributed by atoms with Gasteiger partial charge in [0.25, 0.3) is 0 Å². The molecule has 0 aromatic rings. The summed E-state index contributed by atoms with van der Waals surface area (Å²) in [6.45, 7) is 6.87. The summed E-state index contributed by atoms with van der Waals surface area (Å²) >= 11 is 0. The van der Waals surface area contributed by atoms with E-state index < -0.39 is 36.6 Å². The summed E-state index contributed by atoms with van der Waals surface area (Å²) in [5, 5.41) is -0.693. The van der Waals surface area contributed by atoms with Gasteiger partial charge in [-0.1, -0.05) is 27.7 Å². The maximum Gasteiger partial charge on any atom is 0.164 e. The second kappa shape index (κ2) is 10.7. The minimum absolute atomic E-state index is 0.0457. The predicted octanol–water partition coefficient (Wildman–Crippen LogP) is 1.56. The molecule has 10 heteroatoms. The fraction of sp³-hybridized carbons (Fsp3) is 0.800. The molecule has 2 aliphatic carbocycles. The van der Waals surface area contributed by atoms with Crippen LogP contribution in [0.3, 0.4) is 0 Å². The van der Waals surface area contributed by atoms with Crippen LogP contribution in [0, 0.1) is 23.7 Å². The minimum Gasteiger partial charge on any atom is -0.299 e. The number of hydrogen-bond donors (Lipinski definition) is 0. The van der Waals surface area contributed by atoms with Crippen LogP contribution in [-0.4, -0.2) is 56.6 Å². The van der Waals surface area contributed by atoms with Gasteiger partial charge in [0.05, 0.1) is 23.3 Å². The summed E-state index contributed by atoms with van der Waals surface area (Å²) in [6.07, 6.45) is 1.56. The van der Waals surface area contributed by atoms with Gasteiger partial charge in [0.15, 0.2) is 24.8 Å². The molecule has 0 N–H and O–H groups in total. The summed E-state index contributed by atoms with van der Waals surface area (Å²) in [6, 6.07) is 0. The number of carbonyl (C=O) groups excluding carboxylic acids is 4. The topological polar surface area (TPSA) is 137 Å². The summed E-state index contributed by atoms with van der Waals surface area (Å²) < 4.78 is 44.6. The molecule has 30 heavy (non-hydrogen) atoms. The van der Waals surface area contributed by atoms with Crippen molar-refractivity contribution in [1.29, 1.82) is 0 Å². The van der Waals surface area contributed by atoms with Gasteiger partial charge in [-0.3, -0.25) is 19.2 Å². The molecule has 0 bridgehead atoms. The van der Waals surface area contributed by atoms with Crippen molar-refractivity contribution in [3.63, 3.8) is 0 Å². The molecule has 8 nitrogen and oxygen atoms in total. The number of ketones is 4. The summed E-state index contributed by atoms with van der Waals surface area (Å²) in [5.74, 6) is -2.45. The van der Waals surface area contributed by atoms with E-state index in [2.05, 4.69) is 0 Å². The lowest BCUT2D eigenvalue weighted by Crippen LogP contribution is -2.26. The number of sulfone groups is 2. The van der Waals surface area contributed by atoms with Crippen LogP contribution in [0.2, 0.25) is 0 Å². The van der Waals surface area contributed by atoms with Crippen molar-refractivity contribution in [2.45, 2.75) is 59.8 Å². The monoisotopic (exact) mass is 464 g/mol. The second-order valence-electron chi connectivity index (χ2n) is 8.30. The van der Waals surface area contributed by atoms with Crippen LogP contribution in [0.1, 0.15) is 59.8 Å². The smallest absolute Gasteiger partial charge is 0.164 e. The van der Waals surface area contributed by atoms with Gasteiger partial charge in [0.1, 0.15) is 23.1 Å². The first-order chi connectivity index (χ1) is 13.7. The summed E-state index contributed by atoms with van der Waals surface area (Å²) in [7, 11) is -6.80. The number of carbonyl (C=O) groups is 4. The van der Waals surface area contributed by atoms with Crippen molar-refractivity contribution in [3.8, 4) is 0 Å². The van der Waals surface area contributed by atoms with Crippen molar-refractivity contribution >= 4 is 42.8 Å². The SMILES string of the molecule is CC1CC(=O)C(CC2C(=O)CC(C)C2=O)C1=O.CCCS(=O)(=O)CS(=O)(=O)CCC. The Morgan fingerprint density at radius 2 is 1.03 bits per heavy atom. The number of hydrogen-bond acceptors (Lipinski definition) is 8. The van der Waals surface area contributed by atoms with E-state index in [0.717, 1.165) is 0 Å². The number of rotatable bonds is 8. The molecule has 172 valence electrons. The Kier molecular flexibility index (Phi) is 9.53. The van der Waals surface area contributed by atoms with Gasteiger partial charge in [-0.05, 0) is 19.3 Å². The normalized spacial score (nSPS) is 27.3. The Morgan fingerprint density at radius 1 is 0.700 bits per heavy atom. The van der Waals surface area contributed by atoms with E-state index in [9.17, 15) is 36.0 Å². The standard InChI is InChI=1S/C13H16O4.C7H16O4S2/c1-6-3-10(14)8(12(6)16)5-9-11(15)4-7(2)13(9)17;1-3-5-12(8,9)7-13(10,11)6-4-2/h6-9H,3-5H2,1-2H3;3-7H2,1-2H3. The molecule has 4 unspecified atom stereocenters. The predicted molar refractivity (Wildman–Crippen MR) is 112 cm³/mol. The van der Waals surface area contributed by atoms with Crippen molar-refractivity contribution < 1.29 is 36.0 Å². The largest absolute Gasteiger partial charge is 0.299 e. The Bertz CT molecular complexity index is 814. The van der Waals surface area contributed by atoms with Crippen LogP contribution in [0.15, 0.2) is 0 Å². The van der Waals surface area contributed by atoms with Gasteiger partial charge < -0.3 is 0 Å². The maximum atomic E-state index is 11.8. The van der Waals surface area contributed by atoms with E-state index in [1.54, 1.807) is 27.7 Å². The van der Waals surface area contributed by atoms with Gasteiger partial charge >= 0.3 is 0 Å². The molecular weight excluding hydrogens is 432 g/mol. The van der Waals surface area contributed by atoms with Crippen LogP contribution in [0.4, 0.5) is 0 Å². The Hall–Kier alpha value is -1.42. The fourth-order valence-corrected chi connectivity index (χ4v) is 8.21. The van der Waals surface area contributed by atoms with Crippen LogP contribution in [0.5, 0.6) is 0 Å². The van der Waals surface area contributed by atoms with Gasteiger partial charge in [-0.25, -0.2) is 16.8 Å². The molecule has 0 aliphatic heterocycles. The van der Waals surface area contributed by atoms with Crippen LogP contribution >= 0.6 is 0 Å². The van der Waals surface area contributed by atoms with E-state index >= 15 is 0 Å². The van der Waals surface area contributed by atoms with E-state index in [0.29, 0.717) is 12.8 Å². The third-order valence-corrected chi connectivity index (χ3v) is 10.2. The average molecular weight is 465 g/mol. The molecule has 0 aromatic heterocycles. The van der Waals surface area contributed by atoms with Gasteiger partial charge in [-0.2, -0.15) is 0 Å². The molecule has 0 saturated heterocycles. The molecular formula is C20H32O8S2. The molecule has 0 radical (unpaired) electrons. The van der Waals surface area contributed by atoms with Crippen molar-refractivity contribution in [2.24, 2.45) is 23.7 Å². The Labute approximate surface area is 179 Å². The van der Waals surface area contributed by atoms with Gasteiger partial charge in [-0.15, -0.1) is 0 Å². The lowest BCUT2D eigenvalue weighted by Gasteiger charge is -2.11. The maximum absolute atomic E-state index is 11.8. The lowest BCUT2D eigenvalue weighted by atomic mass is 9.88. The Morgan fingerprint density at radius 3 is 1.27 bits per heavy atom. The first kappa shape index (κ1) is 26.6. The summed E-state index contributed by atoms with van der Waals surface area (Å²) in [4.78, 5) is 46.8. The minimum atomic E-state index is -3.40. The molecule has 2 fully saturated rings. The van der Waals surface area contributed by atoms with Crippen LogP contribution in [-0.2, 0) is 38.9 Å². The molecule has 0 spiro atoms. The molecule has 0 amide bonds. The Balaban J connectivity index is 0.000000314. The third kappa shape index (κ3) is 7.37. The quantitative estimate of drug-likeness (QED) is 0.494. The van der Waals surface area contributed by atoms with Gasteiger partial charge in [0, 0.05) is 24.7 Å². The molecule has 0 aromatic carbocycles. The average Bonchev–Trinajstić information content (AvgIpc) is 2.97. The highest BCUT2D eigenvalue weighted by atomic mass is 32.3. The first-order valence-corrected chi connectivity index (χ1v) is 13.9. The second-order valence-corrected chi connectivity index (χ2v) is 13.0. The van der Waals surface area contributed by atoms with Gasteiger partial charge in [0.2, 0.25) is 0 Å². The van der Waals surface area contributed by atoms with Crippen molar-refractivity contribution in [1.82, 2.24) is 0 Å². The van der Waals surface area contributed by atoms with E-state index in [1.807, 2.05) is 0 Å². The highest BCUT2D eigenvalue weighted by Gasteiger charge is 2.45. The molecule has 2 aliphatic rings. The first-order valence-electron chi connectivity index (χ1n) is 10.3. The van der Waals surface area contributed by atoms with Crippen LogP contribution in [0.25, 0.3) is 0 Å². The summed E-state index contributed by atoms with van der Waals surface area (Å²) in [5.41, 5.74) is 0. The van der Waals surface area contributed by atoms with Crippen molar-refractivity contribution in [3.05, 3.63) is 0 Å².